The van der Waals surface area contributed by atoms with Crippen LogP contribution in [0.5, 0.6) is 0 Å². The quantitative estimate of drug-likeness (QED) is 0.819. The number of thiophene rings is 1. The summed E-state index contributed by atoms with van der Waals surface area (Å²) in [6, 6.07) is 2.90. The summed E-state index contributed by atoms with van der Waals surface area (Å²) in [5.74, 6) is 0.858. The molecular formula is C13H21NS. The summed E-state index contributed by atoms with van der Waals surface area (Å²) < 4.78 is 0. The van der Waals surface area contributed by atoms with Crippen LogP contribution < -0.4 is 5.32 Å². The van der Waals surface area contributed by atoms with Crippen LogP contribution in [-0.2, 0) is 0 Å². The van der Waals surface area contributed by atoms with Crippen molar-refractivity contribution in [2.45, 2.75) is 45.1 Å². The molecule has 1 saturated carbocycles. The molecule has 1 aromatic rings. The highest BCUT2D eigenvalue weighted by Crippen LogP contribution is 2.36. The maximum Gasteiger partial charge on any atom is 0.0357 e. The van der Waals surface area contributed by atoms with Gasteiger partial charge >= 0.3 is 0 Å². The summed E-state index contributed by atoms with van der Waals surface area (Å²) in [5.41, 5.74) is 1.54. The van der Waals surface area contributed by atoms with E-state index in [1.807, 2.05) is 11.3 Å². The minimum Gasteiger partial charge on any atom is -0.313 e. The van der Waals surface area contributed by atoms with Crippen LogP contribution in [0.1, 0.15) is 48.6 Å². The first kappa shape index (κ1) is 11.2. The van der Waals surface area contributed by atoms with Crippen molar-refractivity contribution in [2.24, 2.45) is 5.92 Å². The van der Waals surface area contributed by atoms with Crippen molar-refractivity contribution in [3.63, 3.8) is 0 Å². The lowest BCUT2D eigenvalue weighted by Crippen LogP contribution is -2.27. The predicted octanol–water partition coefficient (Wildman–Crippen LogP) is 3.90. The second kappa shape index (κ2) is 5.13. The van der Waals surface area contributed by atoms with Crippen LogP contribution in [0.25, 0.3) is 0 Å². The van der Waals surface area contributed by atoms with Gasteiger partial charge in [-0.3, -0.25) is 0 Å². The first-order chi connectivity index (χ1) is 7.33. The third-order valence-corrected chi connectivity index (χ3v) is 4.53. The molecule has 0 bridgehead atoms. The van der Waals surface area contributed by atoms with Crippen molar-refractivity contribution < 1.29 is 0 Å². The SMILES string of the molecule is CNC(c1ccsc1C)C1CCCCC1. The van der Waals surface area contributed by atoms with Gasteiger partial charge < -0.3 is 5.32 Å². The van der Waals surface area contributed by atoms with Crippen LogP contribution in [0.3, 0.4) is 0 Å². The summed E-state index contributed by atoms with van der Waals surface area (Å²) in [4.78, 5) is 1.49. The largest absolute Gasteiger partial charge is 0.313 e. The van der Waals surface area contributed by atoms with Gasteiger partial charge in [0.15, 0.2) is 0 Å². The number of hydrogen-bond acceptors (Lipinski definition) is 2. The van der Waals surface area contributed by atoms with Crippen molar-refractivity contribution in [1.29, 1.82) is 0 Å². The van der Waals surface area contributed by atoms with Gasteiger partial charge in [-0.1, -0.05) is 19.3 Å². The lowest BCUT2D eigenvalue weighted by Gasteiger charge is -2.30. The maximum absolute atomic E-state index is 3.52. The summed E-state index contributed by atoms with van der Waals surface area (Å²) >= 11 is 1.87. The summed E-state index contributed by atoms with van der Waals surface area (Å²) in [7, 11) is 2.11. The van der Waals surface area contributed by atoms with Gasteiger partial charge in [0.05, 0.1) is 0 Å². The van der Waals surface area contributed by atoms with E-state index in [0.717, 1.165) is 5.92 Å². The zero-order valence-electron chi connectivity index (χ0n) is 9.75. The molecule has 0 saturated heterocycles. The third kappa shape index (κ3) is 2.43. The smallest absolute Gasteiger partial charge is 0.0357 e. The standard InChI is InChI=1S/C13H21NS/c1-10-12(8-9-15-10)13(14-2)11-6-4-3-5-7-11/h8-9,11,13-14H,3-7H2,1-2H3. The van der Waals surface area contributed by atoms with E-state index >= 15 is 0 Å². The van der Waals surface area contributed by atoms with Crippen LogP contribution >= 0.6 is 11.3 Å². The van der Waals surface area contributed by atoms with E-state index in [-0.39, 0.29) is 0 Å². The molecule has 0 aromatic carbocycles. The fraction of sp³-hybridized carbons (Fsp3) is 0.692. The van der Waals surface area contributed by atoms with Gasteiger partial charge in [-0.15, -0.1) is 11.3 Å². The molecule has 1 N–H and O–H groups in total. The zero-order chi connectivity index (χ0) is 10.7. The monoisotopic (exact) mass is 223 g/mol. The van der Waals surface area contributed by atoms with Crippen molar-refractivity contribution in [3.8, 4) is 0 Å². The molecule has 0 aliphatic heterocycles. The van der Waals surface area contributed by atoms with Gasteiger partial charge in [0.2, 0.25) is 0 Å². The Balaban J connectivity index is 2.12. The Kier molecular flexibility index (Phi) is 3.81. The molecule has 0 amide bonds. The Labute approximate surface area is 96.9 Å². The number of aryl methyl sites for hydroxylation is 1. The molecule has 1 fully saturated rings. The first-order valence-corrected chi connectivity index (χ1v) is 6.92. The molecule has 1 aromatic heterocycles. The number of rotatable bonds is 3. The van der Waals surface area contributed by atoms with Crippen LogP contribution in [-0.4, -0.2) is 7.05 Å². The molecule has 0 spiro atoms. The molecule has 1 aliphatic rings. The van der Waals surface area contributed by atoms with Crippen molar-refractivity contribution >= 4 is 11.3 Å². The molecule has 84 valence electrons. The molecule has 2 rings (SSSR count). The molecule has 1 aliphatic carbocycles. The highest BCUT2D eigenvalue weighted by molar-refractivity contribution is 7.10. The summed E-state index contributed by atoms with van der Waals surface area (Å²) in [6.45, 7) is 2.24. The van der Waals surface area contributed by atoms with Gasteiger partial charge in [-0.2, -0.15) is 0 Å². The number of hydrogen-bond donors (Lipinski definition) is 1. The fourth-order valence-corrected chi connectivity index (χ4v) is 3.58. The predicted molar refractivity (Wildman–Crippen MR) is 67.4 cm³/mol. The highest BCUT2D eigenvalue weighted by atomic mass is 32.1. The van der Waals surface area contributed by atoms with Crippen LogP contribution in [0, 0.1) is 12.8 Å². The van der Waals surface area contributed by atoms with E-state index in [9.17, 15) is 0 Å². The van der Waals surface area contributed by atoms with Gasteiger partial charge in [0.1, 0.15) is 0 Å². The maximum atomic E-state index is 3.52. The van der Waals surface area contributed by atoms with Crippen LogP contribution in [0.4, 0.5) is 0 Å². The molecule has 1 unspecified atom stereocenters. The van der Waals surface area contributed by atoms with E-state index in [0.29, 0.717) is 6.04 Å². The molecule has 1 atom stereocenters. The van der Waals surface area contributed by atoms with E-state index in [1.54, 1.807) is 0 Å². The molecule has 2 heteroatoms. The van der Waals surface area contributed by atoms with E-state index in [4.69, 9.17) is 0 Å². The Hall–Kier alpha value is -0.340. The molecule has 0 radical (unpaired) electrons. The van der Waals surface area contributed by atoms with E-state index in [2.05, 4.69) is 30.7 Å². The van der Waals surface area contributed by atoms with Crippen LogP contribution in [0.2, 0.25) is 0 Å². The third-order valence-electron chi connectivity index (χ3n) is 3.67. The van der Waals surface area contributed by atoms with Gasteiger partial charge in [0, 0.05) is 10.9 Å². The lowest BCUT2D eigenvalue weighted by atomic mass is 9.81. The number of nitrogens with one attached hydrogen (secondary N) is 1. The van der Waals surface area contributed by atoms with Crippen molar-refractivity contribution in [1.82, 2.24) is 5.32 Å². The normalized spacial score (nSPS) is 20.4. The first-order valence-electron chi connectivity index (χ1n) is 6.04. The summed E-state index contributed by atoms with van der Waals surface area (Å²) in [5, 5.41) is 5.74. The second-order valence-electron chi connectivity index (χ2n) is 4.60. The average Bonchev–Trinajstić information content (AvgIpc) is 2.68. The van der Waals surface area contributed by atoms with Crippen molar-refractivity contribution in [2.75, 3.05) is 7.05 Å². The fourth-order valence-electron chi connectivity index (χ4n) is 2.83. The van der Waals surface area contributed by atoms with Gasteiger partial charge in [-0.25, -0.2) is 0 Å². The topological polar surface area (TPSA) is 12.0 Å². The Morgan fingerprint density at radius 3 is 2.60 bits per heavy atom. The minimum absolute atomic E-state index is 0.594. The van der Waals surface area contributed by atoms with E-state index in [1.165, 1.54) is 42.5 Å². The van der Waals surface area contributed by atoms with Crippen molar-refractivity contribution in [3.05, 3.63) is 21.9 Å². The van der Waals surface area contributed by atoms with Crippen LogP contribution in [0.15, 0.2) is 11.4 Å². The Morgan fingerprint density at radius 2 is 2.07 bits per heavy atom. The average molecular weight is 223 g/mol. The lowest BCUT2D eigenvalue weighted by molar-refractivity contribution is 0.281. The molecule has 1 nitrogen and oxygen atoms in total. The Bertz CT molecular complexity index is 299. The molecule has 1 heterocycles. The van der Waals surface area contributed by atoms with Gasteiger partial charge in [-0.05, 0) is 49.7 Å². The minimum atomic E-state index is 0.594. The van der Waals surface area contributed by atoms with Gasteiger partial charge in [0.25, 0.3) is 0 Å². The highest BCUT2D eigenvalue weighted by Gasteiger charge is 2.24. The molecular weight excluding hydrogens is 202 g/mol. The van der Waals surface area contributed by atoms with E-state index < -0.39 is 0 Å². The second-order valence-corrected chi connectivity index (χ2v) is 5.72. The molecule has 15 heavy (non-hydrogen) atoms. The summed E-state index contributed by atoms with van der Waals surface area (Å²) in [6.07, 6.45) is 7.09. The zero-order valence-corrected chi connectivity index (χ0v) is 10.6. The Morgan fingerprint density at radius 1 is 1.33 bits per heavy atom.